The number of imide groups is 1. The Labute approximate surface area is 167 Å². The molecule has 7 heteroatoms. The highest BCUT2D eigenvalue weighted by Gasteiger charge is 2.40. The molecule has 0 radical (unpaired) electrons. The van der Waals surface area contributed by atoms with E-state index in [-0.39, 0.29) is 24.2 Å². The number of rotatable bonds is 7. The number of nitrogens with zero attached hydrogens (tertiary/aromatic N) is 1. The number of hydrogen-bond acceptors (Lipinski definition) is 4. The predicted octanol–water partition coefficient (Wildman–Crippen LogP) is 3.57. The lowest BCUT2D eigenvalue weighted by molar-refractivity contribution is -0.134. The molecule has 2 atom stereocenters. The Morgan fingerprint density at radius 3 is 2.62 bits per heavy atom. The van der Waals surface area contributed by atoms with Gasteiger partial charge in [-0.3, -0.25) is 4.79 Å². The molecule has 1 heterocycles. The van der Waals surface area contributed by atoms with Gasteiger partial charge in [0.05, 0.1) is 18.6 Å². The van der Waals surface area contributed by atoms with E-state index in [1.54, 1.807) is 0 Å². The third kappa shape index (κ3) is 4.68. The van der Waals surface area contributed by atoms with E-state index in [1.165, 1.54) is 6.07 Å². The fourth-order valence-electron chi connectivity index (χ4n) is 3.38. The fourth-order valence-corrected chi connectivity index (χ4v) is 3.38. The van der Waals surface area contributed by atoms with Crippen molar-refractivity contribution in [3.05, 3.63) is 77.9 Å². The van der Waals surface area contributed by atoms with Crippen molar-refractivity contribution in [1.82, 2.24) is 4.90 Å². The summed E-state index contributed by atoms with van der Waals surface area (Å²) in [6.07, 6.45) is -0.433. The number of hydrogen-bond donors (Lipinski definition) is 1. The van der Waals surface area contributed by atoms with Crippen LogP contribution in [0.2, 0.25) is 0 Å². The van der Waals surface area contributed by atoms with Gasteiger partial charge in [-0.25, -0.2) is 18.5 Å². The highest BCUT2D eigenvalue weighted by atomic mass is 19.1. The molecule has 0 aromatic heterocycles. The third-order valence-corrected chi connectivity index (χ3v) is 4.89. The highest BCUT2D eigenvalue weighted by Crippen LogP contribution is 2.27. The largest absolute Gasteiger partial charge is 0.447 e. The predicted molar refractivity (Wildman–Crippen MR) is 103 cm³/mol. The second kappa shape index (κ2) is 8.96. The zero-order valence-electron chi connectivity index (χ0n) is 15.7. The van der Waals surface area contributed by atoms with Crippen LogP contribution in [0.3, 0.4) is 0 Å². The fraction of sp³-hybridized carbons (Fsp3) is 0.273. The molecule has 29 heavy (non-hydrogen) atoms. The Morgan fingerprint density at radius 2 is 1.97 bits per heavy atom. The molecule has 0 spiro atoms. The summed E-state index contributed by atoms with van der Waals surface area (Å²) in [5, 5.41) is 9.73. The number of ether oxygens (including phenoxy) is 1. The summed E-state index contributed by atoms with van der Waals surface area (Å²) in [5.41, 5.74) is 1.22. The minimum Gasteiger partial charge on any atom is -0.447 e. The van der Waals surface area contributed by atoms with Crippen molar-refractivity contribution in [2.75, 3.05) is 13.2 Å². The molecular weight excluding hydrogens is 380 g/mol. The first-order valence-electron chi connectivity index (χ1n) is 9.18. The molecule has 152 valence electrons. The van der Waals surface area contributed by atoms with Gasteiger partial charge in [0, 0.05) is 11.6 Å². The van der Waals surface area contributed by atoms with E-state index in [9.17, 15) is 23.5 Å². The van der Waals surface area contributed by atoms with E-state index in [0.29, 0.717) is 6.42 Å². The minimum atomic E-state index is -1.00. The van der Waals surface area contributed by atoms with E-state index in [0.717, 1.165) is 22.6 Å². The van der Waals surface area contributed by atoms with Crippen LogP contribution in [0.5, 0.6) is 0 Å². The number of carbonyl (C=O) groups is 2. The van der Waals surface area contributed by atoms with Gasteiger partial charge in [0.2, 0.25) is 5.91 Å². The Balaban J connectivity index is 1.74. The maximum Gasteiger partial charge on any atom is 0.416 e. The molecule has 5 nitrogen and oxygen atoms in total. The molecule has 1 aliphatic heterocycles. The number of cyclic esters (lactones) is 1. The van der Waals surface area contributed by atoms with Crippen molar-refractivity contribution in [3.63, 3.8) is 0 Å². The molecule has 2 aromatic rings. The Bertz CT molecular complexity index is 916. The summed E-state index contributed by atoms with van der Waals surface area (Å²) in [6.45, 7) is 3.27. The molecule has 2 amide bonds. The summed E-state index contributed by atoms with van der Waals surface area (Å²) >= 11 is 0. The monoisotopic (exact) mass is 401 g/mol. The summed E-state index contributed by atoms with van der Waals surface area (Å²) in [4.78, 5) is 26.1. The van der Waals surface area contributed by atoms with Gasteiger partial charge in [0.25, 0.3) is 0 Å². The minimum absolute atomic E-state index is 0.0579. The van der Waals surface area contributed by atoms with E-state index in [2.05, 4.69) is 6.58 Å². The van der Waals surface area contributed by atoms with Crippen LogP contribution in [0.1, 0.15) is 17.5 Å². The van der Waals surface area contributed by atoms with Crippen molar-refractivity contribution in [3.8, 4) is 0 Å². The van der Waals surface area contributed by atoms with Gasteiger partial charge in [-0.1, -0.05) is 36.9 Å². The van der Waals surface area contributed by atoms with E-state index in [1.807, 2.05) is 30.3 Å². The average Bonchev–Trinajstić information content (AvgIpc) is 3.06. The van der Waals surface area contributed by atoms with E-state index >= 15 is 0 Å². The SMILES string of the molecule is C=C(C[C@H](CO)C(=O)N1C(=O)OC[C@H]1Cc1ccccc1)c1ccc(F)cc1F. The van der Waals surface area contributed by atoms with Crippen LogP contribution in [-0.2, 0) is 16.0 Å². The first-order chi connectivity index (χ1) is 13.9. The molecule has 1 N–H and O–H groups in total. The molecule has 1 aliphatic rings. The van der Waals surface area contributed by atoms with Gasteiger partial charge in [0.1, 0.15) is 18.2 Å². The van der Waals surface area contributed by atoms with Crippen molar-refractivity contribution >= 4 is 17.6 Å². The standard InChI is InChI=1S/C22H21F2NO4/c1-14(19-8-7-17(23)11-20(19)24)9-16(12-26)21(27)25-18(13-29-22(25)28)10-15-5-3-2-4-6-15/h2-8,11,16,18,26H,1,9-10,12-13H2/t16-,18-/m1/s1. The lowest BCUT2D eigenvalue weighted by Crippen LogP contribution is -2.44. The maximum atomic E-state index is 14.0. The van der Waals surface area contributed by atoms with Gasteiger partial charge >= 0.3 is 6.09 Å². The molecule has 3 rings (SSSR count). The van der Waals surface area contributed by atoms with Gasteiger partial charge in [-0.15, -0.1) is 0 Å². The third-order valence-electron chi connectivity index (χ3n) is 4.89. The lowest BCUT2D eigenvalue weighted by atomic mass is 9.93. The topological polar surface area (TPSA) is 66.8 Å². The normalized spacial score (nSPS) is 17.1. The molecule has 2 aromatic carbocycles. The van der Waals surface area contributed by atoms with E-state index in [4.69, 9.17) is 4.74 Å². The highest BCUT2D eigenvalue weighted by molar-refractivity contribution is 5.95. The van der Waals surface area contributed by atoms with Crippen molar-refractivity contribution < 1.29 is 28.2 Å². The molecule has 0 bridgehead atoms. The number of aliphatic hydroxyl groups excluding tert-OH is 1. The van der Waals surface area contributed by atoms with Gasteiger partial charge in [0.15, 0.2) is 0 Å². The first kappa shape index (κ1) is 20.7. The number of halogens is 2. The van der Waals surface area contributed by atoms with Gasteiger partial charge in [-0.05, 0) is 36.1 Å². The summed E-state index contributed by atoms with van der Waals surface area (Å²) in [7, 11) is 0. The smallest absolute Gasteiger partial charge is 0.416 e. The van der Waals surface area contributed by atoms with Crippen molar-refractivity contribution in [2.24, 2.45) is 5.92 Å². The molecular formula is C22H21F2NO4. The van der Waals surface area contributed by atoms with Gasteiger partial charge < -0.3 is 9.84 Å². The molecule has 1 saturated heterocycles. The summed E-state index contributed by atoms with van der Waals surface area (Å²) in [6, 6.07) is 11.9. The van der Waals surface area contributed by atoms with Crippen LogP contribution in [0.15, 0.2) is 55.1 Å². The number of benzene rings is 2. The Morgan fingerprint density at radius 1 is 1.24 bits per heavy atom. The number of carbonyl (C=O) groups excluding carboxylic acids is 2. The lowest BCUT2D eigenvalue weighted by Gasteiger charge is -2.24. The van der Waals surface area contributed by atoms with Crippen LogP contribution >= 0.6 is 0 Å². The second-order valence-electron chi connectivity index (χ2n) is 6.94. The molecule has 1 fully saturated rings. The van der Waals surface area contributed by atoms with Crippen LogP contribution in [-0.4, -0.2) is 41.3 Å². The Hall–Kier alpha value is -3.06. The zero-order valence-corrected chi connectivity index (χ0v) is 15.7. The van der Waals surface area contributed by atoms with Crippen LogP contribution in [0, 0.1) is 17.6 Å². The Kier molecular flexibility index (Phi) is 6.39. The molecule has 0 unspecified atom stereocenters. The number of allylic oxidation sites excluding steroid dienone is 1. The second-order valence-corrected chi connectivity index (χ2v) is 6.94. The number of aliphatic hydroxyl groups is 1. The van der Waals surface area contributed by atoms with Crippen LogP contribution in [0.4, 0.5) is 13.6 Å². The zero-order chi connectivity index (χ0) is 21.0. The van der Waals surface area contributed by atoms with Crippen LogP contribution in [0.25, 0.3) is 5.57 Å². The van der Waals surface area contributed by atoms with Crippen molar-refractivity contribution in [2.45, 2.75) is 18.9 Å². The van der Waals surface area contributed by atoms with E-state index < -0.39 is 42.2 Å². The first-order valence-corrected chi connectivity index (χ1v) is 9.18. The van der Waals surface area contributed by atoms with Gasteiger partial charge in [-0.2, -0.15) is 0 Å². The average molecular weight is 401 g/mol. The van der Waals surface area contributed by atoms with Crippen LogP contribution < -0.4 is 0 Å². The maximum absolute atomic E-state index is 14.0. The molecule has 0 saturated carbocycles. The quantitative estimate of drug-likeness (QED) is 0.770. The molecule has 0 aliphatic carbocycles. The summed E-state index contributed by atoms with van der Waals surface area (Å²) < 4.78 is 32.2. The van der Waals surface area contributed by atoms with Crippen molar-refractivity contribution in [1.29, 1.82) is 0 Å². The summed E-state index contributed by atoms with van der Waals surface area (Å²) in [5.74, 6) is -3.14. The number of amides is 2.